The van der Waals surface area contributed by atoms with Crippen LogP contribution in [-0.4, -0.2) is 112 Å². The molecule has 5 atom stereocenters. The van der Waals surface area contributed by atoms with Crippen molar-refractivity contribution in [2.75, 3.05) is 40.4 Å². The highest BCUT2D eigenvalue weighted by atomic mass is 16.5. The molecular formula is C53H65N7O7. The summed E-state index contributed by atoms with van der Waals surface area (Å²) in [4.78, 5) is 82.3. The zero-order valence-corrected chi connectivity index (χ0v) is 40.6. The minimum Gasteiger partial charge on any atom is -0.464 e. The van der Waals surface area contributed by atoms with Crippen molar-refractivity contribution in [3.8, 4) is 34.2 Å². The number of aryl methyl sites for hydroxylation is 1. The highest BCUT2D eigenvalue weighted by Crippen LogP contribution is 2.42. The van der Waals surface area contributed by atoms with E-state index in [0.717, 1.165) is 50.1 Å². The molecule has 1 N–H and O–H groups in total. The molecule has 67 heavy (non-hydrogen) atoms. The van der Waals surface area contributed by atoms with Crippen LogP contribution in [0.25, 0.3) is 33.3 Å². The molecule has 0 unspecified atom stereocenters. The van der Waals surface area contributed by atoms with Gasteiger partial charge in [-0.05, 0) is 104 Å². The third-order valence-electron chi connectivity index (χ3n) is 13.5. The Hall–Kier alpha value is -6.17. The molecule has 2 aromatic heterocycles. The number of aliphatic imine (C=N–C) groups is 1. The number of cyclic esters (lactones) is 1. The largest absolute Gasteiger partial charge is 0.464 e. The molecule has 7 rings (SSSR count). The molecule has 2 aromatic carbocycles. The first-order valence-electron chi connectivity index (χ1n) is 23.5. The number of aromatic nitrogens is 2. The maximum Gasteiger partial charge on any atom is 0.324 e. The van der Waals surface area contributed by atoms with Gasteiger partial charge in [-0.1, -0.05) is 70.9 Å². The number of pyridine rings is 1. The van der Waals surface area contributed by atoms with Crippen LogP contribution in [0.4, 0.5) is 0 Å². The molecule has 14 heteroatoms. The van der Waals surface area contributed by atoms with Gasteiger partial charge in [0.05, 0.1) is 30.0 Å². The van der Waals surface area contributed by atoms with Crippen LogP contribution in [0.1, 0.15) is 91.2 Å². The van der Waals surface area contributed by atoms with Gasteiger partial charge < -0.3 is 23.8 Å². The van der Waals surface area contributed by atoms with E-state index >= 15 is 0 Å². The number of hydrogen-bond acceptors (Lipinski definition) is 9. The number of carbonyl (C=O) groups is 5. The summed E-state index contributed by atoms with van der Waals surface area (Å²) >= 11 is 0. The maximum absolute atomic E-state index is 14.7. The van der Waals surface area contributed by atoms with Crippen LogP contribution in [0.3, 0.4) is 0 Å². The standard InChI is InChI=1S/C53H65N7O7/c1-11-16-45(61)58-29-33(5)41(30-58)50(63)57(9)47(32(3)4)49(62)55-43-26-35-17-13-18-36(25-35)37-21-22-44-39(27-37)40(48(59(44)12-2)38-19-14-23-54-46(38)34(6)66-10)28-53(7,8)31-67-52(65)42-20-15-24-60(56-42)51(43)64/h13-14,17-19,21-23,25,27,32-34,41-42,47,56H,12,15,20,24,26,28-31H2,1-10H3/t33-,34-,41+,42-,47-/m0/s1. The number of likely N-dealkylation sites (tertiary alicyclic amines) is 1. The van der Waals surface area contributed by atoms with Crippen LogP contribution in [0, 0.1) is 35.0 Å². The highest BCUT2D eigenvalue weighted by molar-refractivity contribution is 6.40. The Balaban J connectivity index is 1.32. The first-order chi connectivity index (χ1) is 32.0. The van der Waals surface area contributed by atoms with Crippen LogP contribution in [0.5, 0.6) is 0 Å². The monoisotopic (exact) mass is 911 g/mol. The Bertz CT molecular complexity index is 2660. The summed E-state index contributed by atoms with van der Waals surface area (Å²) in [7, 11) is 3.27. The van der Waals surface area contributed by atoms with Crippen molar-refractivity contribution in [3.05, 3.63) is 77.6 Å². The number of methoxy groups -OCH3 is 1. The number of nitrogens with zero attached hydrogens (tertiary/aromatic N) is 6. The van der Waals surface area contributed by atoms with Crippen molar-refractivity contribution in [2.24, 2.45) is 28.2 Å². The third-order valence-corrected chi connectivity index (χ3v) is 13.5. The van der Waals surface area contributed by atoms with E-state index in [1.165, 1.54) is 9.91 Å². The van der Waals surface area contributed by atoms with E-state index in [1.807, 2.05) is 58.0 Å². The van der Waals surface area contributed by atoms with Gasteiger partial charge in [0, 0.05) is 74.8 Å². The van der Waals surface area contributed by atoms with Gasteiger partial charge in [0.15, 0.2) is 0 Å². The Kier molecular flexibility index (Phi) is 14.8. The molecule has 2 fully saturated rings. The second-order valence-electron chi connectivity index (χ2n) is 19.4. The van der Waals surface area contributed by atoms with Gasteiger partial charge in [-0.3, -0.25) is 34.0 Å². The van der Waals surface area contributed by atoms with Gasteiger partial charge in [-0.25, -0.2) is 10.4 Å². The Labute approximate surface area is 394 Å². The first-order valence-corrected chi connectivity index (χ1v) is 23.5. The Morgan fingerprint density at radius 1 is 1.06 bits per heavy atom. The van der Waals surface area contributed by atoms with Gasteiger partial charge in [0.25, 0.3) is 17.7 Å². The van der Waals surface area contributed by atoms with Crippen LogP contribution in [0.2, 0.25) is 0 Å². The van der Waals surface area contributed by atoms with Crippen molar-refractivity contribution >= 4 is 46.2 Å². The number of benzene rings is 2. The molecule has 4 aromatic rings. The van der Waals surface area contributed by atoms with Crippen molar-refractivity contribution in [3.63, 3.8) is 0 Å². The molecule has 0 spiro atoms. The number of likely N-dealkylation sites (N-methyl/N-ethyl adjacent to an activating group) is 1. The van der Waals surface area contributed by atoms with E-state index in [1.54, 1.807) is 32.2 Å². The van der Waals surface area contributed by atoms with Crippen LogP contribution >= 0.6 is 0 Å². The average Bonchev–Trinajstić information content (AvgIpc) is 3.85. The van der Waals surface area contributed by atoms with E-state index in [0.29, 0.717) is 32.4 Å². The van der Waals surface area contributed by atoms with Crippen LogP contribution < -0.4 is 5.43 Å². The van der Waals surface area contributed by atoms with E-state index < -0.39 is 41.2 Å². The Morgan fingerprint density at radius 2 is 1.82 bits per heavy atom. The molecule has 0 saturated carbocycles. The molecular weight excluding hydrogens is 847 g/mol. The SMILES string of the molecule is CC#CC(=O)N1C[C@H](C)[C@H](C(=O)N(C)[C@H](C(=O)N=C2Cc3cccc(c3)-c3ccc4c(c3)c(c(-c3cccnc3[C@H](C)OC)n4CC)CC(C)(C)COC(=O)[C@@H]3CCCN(N3)C2=O)C(C)C)C1. The number of nitrogens with one attached hydrogen (secondary N) is 1. The molecule has 14 nitrogen and oxygen atoms in total. The predicted molar refractivity (Wildman–Crippen MR) is 258 cm³/mol. The Morgan fingerprint density at radius 3 is 2.54 bits per heavy atom. The molecule has 0 radical (unpaired) electrons. The molecule has 3 aliphatic rings. The number of amides is 4. The molecule has 354 valence electrons. The second-order valence-corrected chi connectivity index (χ2v) is 19.4. The minimum atomic E-state index is -0.998. The lowest BCUT2D eigenvalue weighted by Crippen LogP contribution is -2.57. The third kappa shape index (κ3) is 10.2. The van der Waals surface area contributed by atoms with Gasteiger partial charge >= 0.3 is 5.97 Å². The number of carbonyl (C=O) groups excluding carboxylic acids is 5. The fourth-order valence-electron chi connectivity index (χ4n) is 9.98. The van der Waals surface area contributed by atoms with Crippen molar-refractivity contribution in [1.29, 1.82) is 0 Å². The summed E-state index contributed by atoms with van der Waals surface area (Å²) in [6.45, 7) is 17.2. The summed E-state index contributed by atoms with van der Waals surface area (Å²) in [5.74, 6) is 1.88. The maximum atomic E-state index is 14.7. The van der Waals surface area contributed by atoms with E-state index in [-0.39, 0.29) is 61.6 Å². The van der Waals surface area contributed by atoms with Crippen molar-refractivity contribution in [2.45, 2.75) is 106 Å². The molecule has 2 saturated heterocycles. The lowest BCUT2D eigenvalue weighted by Gasteiger charge is -2.34. The average molecular weight is 912 g/mol. The quantitative estimate of drug-likeness (QED) is 0.148. The van der Waals surface area contributed by atoms with Gasteiger partial charge in [0.2, 0.25) is 5.91 Å². The fourth-order valence-corrected chi connectivity index (χ4v) is 9.98. The normalized spacial score (nSPS) is 21.4. The smallest absolute Gasteiger partial charge is 0.324 e. The van der Waals surface area contributed by atoms with Crippen molar-refractivity contribution in [1.82, 2.24) is 29.8 Å². The number of rotatable bonds is 8. The fraction of sp³-hybridized carbons (Fsp3) is 0.491. The van der Waals surface area contributed by atoms with E-state index in [4.69, 9.17) is 14.5 Å². The lowest BCUT2D eigenvalue weighted by atomic mass is 9.84. The lowest BCUT2D eigenvalue weighted by molar-refractivity contribution is -0.153. The van der Waals surface area contributed by atoms with Crippen molar-refractivity contribution < 1.29 is 33.4 Å². The number of ether oxygens (including phenoxy) is 2. The highest BCUT2D eigenvalue weighted by Gasteiger charge is 2.42. The zero-order chi connectivity index (χ0) is 48.3. The molecule has 3 aliphatic heterocycles. The summed E-state index contributed by atoms with van der Waals surface area (Å²) in [5.41, 5.74) is 10.2. The zero-order valence-electron chi connectivity index (χ0n) is 40.6. The van der Waals surface area contributed by atoms with E-state index in [9.17, 15) is 24.0 Å². The van der Waals surface area contributed by atoms with Crippen LogP contribution in [-0.2, 0) is 52.8 Å². The van der Waals surface area contributed by atoms with Gasteiger partial charge in [0.1, 0.15) is 17.8 Å². The molecule has 6 bridgehead atoms. The number of esters is 1. The summed E-state index contributed by atoms with van der Waals surface area (Å²) in [5, 5.41) is 2.43. The predicted octanol–water partition coefficient (Wildman–Crippen LogP) is 6.83. The summed E-state index contributed by atoms with van der Waals surface area (Å²) < 4.78 is 14.3. The molecule has 0 aliphatic carbocycles. The number of hydrogen-bond donors (Lipinski definition) is 1. The first kappa shape index (κ1) is 48.8. The minimum absolute atomic E-state index is 0.00287. The topological polar surface area (TPSA) is 156 Å². The van der Waals surface area contributed by atoms with Gasteiger partial charge in [-0.2, -0.15) is 0 Å². The summed E-state index contributed by atoms with van der Waals surface area (Å²) in [6.07, 6.45) is 3.08. The van der Waals surface area contributed by atoms with Crippen LogP contribution in [0.15, 0.2) is 65.8 Å². The molecule has 4 amide bonds. The number of hydrazine groups is 1. The van der Waals surface area contributed by atoms with E-state index in [2.05, 4.69) is 71.9 Å². The molecule has 5 heterocycles. The second kappa shape index (κ2) is 20.4. The number of fused-ring (bicyclic) bond motifs is 6. The summed E-state index contributed by atoms with van der Waals surface area (Å²) in [6, 6.07) is 16.6. The van der Waals surface area contributed by atoms with Gasteiger partial charge in [-0.15, -0.1) is 0 Å².